The second kappa shape index (κ2) is 7.96. The Labute approximate surface area is 112 Å². The van der Waals surface area contributed by atoms with Crippen LogP contribution in [-0.2, 0) is 4.43 Å². The molecule has 0 N–H and O–H groups in total. The van der Waals surface area contributed by atoms with Crippen LogP contribution in [0.15, 0.2) is 0 Å². The van der Waals surface area contributed by atoms with Crippen molar-refractivity contribution in [1.82, 2.24) is 0 Å². The fourth-order valence-electron chi connectivity index (χ4n) is 1.50. The largest absolute Gasteiger partial charge is 0.412 e. The van der Waals surface area contributed by atoms with Crippen LogP contribution in [0.2, 0.25) is 13.1 Å². The van der Waals surface area contributed by atoms with Crippen molar-refractivity contribution in [2.24, 2.45) is 5.92 Å². The third-order valence-corrected chi connectivity index (χ3v) is 8.27. The van der Waals surface area contributed by atoms with E-state index in [4.69, 9.17) is 27.6 Å². The van der Waals surface area contributed by atoms with Gasteiger partial charge in [-0.25, -0.2) is 0 Å². The van der Waals surface area contributed by atoms with Gasteiger partial charge in [0.2, 0.25) is 8.32 Å². The Morgan fingerprint density at radius 2 is 1.62 bits per heavy atom. The van der Waals surface area contributed by atoms with Gasteiger partial charge in [-0.1, -0.05) is 27.2 Å². The summed E-state index contributed by atoms with van der Waals surface area (Å²) in [6, 6.07) is 0. The van der Waals surface area contributed by atoms with Crippen LogP contribution in [0.5, 0.6) is 0 Å². The van der Waals surface area contributed by atoms with Crippen molar-refractivity contribution in [3.8, 4) is 0 Å². The molecule has 98 valence electrons. The van der Waals surface area contributed by atoms with Gasteiger partial charge in [-0.05, 0) is 38.3 Å². The molecular formula is C12H26Cl2OSi. The van der Waals surface area contributed by atoms with Crippen LogP contribution in [0.3, 0.4) is 0 Å². The van der Waals surface area contributed by atoms with Crippen molar-refractivity contribution in [3.63, 3.8) is 0 Å². The van der Waals surface area contributed by atoms with Crippen molar-refractivity contribution in [3.05, 3.63) is 0 Å². The van der Waals surface area contributed by atoms with Gasteiger partial charge in [-0.15, -0.1) is 23.2 Å². The Bertz CT molecular complexity index is 186. The van der Waals surface area contributed by atoms with Gasteiger partial charge in [0.1, 0.15) is 4.46 Å². The average molecular weight is 285 g/mol. The van der Waals surface area contributed by atoms with E-state index in [1.165, 1.54) is 12.8 Å². The molecule has 0 saturated carbocycles. The van der Waals surface area contributed by atoms with Gasteiger partial charge in [-0.3, -0.25) is 0 Å². The maximum atomic E-state index is 6.12. The van der Waals surface area contributed by atoms with E-state index in [-0.39, 0.29) is 4.46 Å². The highest BCUT2D eigenvalue weighted by Crippen LogP contribution is 2.24. The highest BCUT2D eigenvalue weighted by Gasteiger charge is 2.33. The molecule has 0 rings (SSSR count). The first kappa shape index (κ1) is 16.8. The van der Waals surface area contributed by atoms with Crippen molar-refractivity contribution >= 4 is 31.5 Å². The first-order chi connectivity index (χ1) is 7.33. The lowest BCUT2D eigenvalue weighted by Crippen LogP contribution is -2.42. The molecule has 16 heavy (non-hydrogen) atoms. The summed E-state index contributed by atoms with van der Waals surface area (Å²) in [5.74, 6) is 0.783. The van der Waals surface area contributed by atoms with Crippen LogP contribution in [0.1, 0.15) is 46.5 Å². The number of hydrogen-bond acceptors (Lipinski definition) is 1. The summed E-state index contributed by atoms with van der Waals surface area (Å²) < 4.78 is 5.78. The van der Waals surface area contributed by atoms with Gasteiger partial charge >= 0.3 is 0 Å². The van der Waals surface area contributed by atoms with Crippen molar-refractivity contribution < 1.29 is 4.43 Å². The highest BCUT2D eigenvalue weighted by atomic mass is 35.5. The summed E-state index contributed by atoms with van der Waals surface area (Å²) in [5.41, 5.74) is 0. The van der Waals surface area contributed by atoms with Gasteiger partial charge in [0.25, 0.3) is 0 Å². The van der Waals surface area contributed by atoms with Crippen LogP contribution in [0.4, 0.5) is 0 Å². The smallest absolute Gasteiger partial charge is 0.220 e. The van der Waals surface area contributed by atoms with Crippen molar-refractivity contribution in [1.29, 1.82) is 0 Å². The molecule has 0 aromatic carbocycles. The Kier molecular flexibility index (Phi) is 8.34. The normalized spacial score (nSPS) is 16.5. The minimum atomic E-state index is -1.92. The fraction of sp³-hybridized carbons (Fsp3) is 1.00. The van der Waals surface area contributed by atoms with Crippen LogP contribution in [0.25, 0.3) is 0 Å². The molecule has 0 aliphatic carbocycles. The highest BCUT2D eigenvalue weighted by molar-refractivity contribution is 6.88. The van der Waals surface area contributed by atoms with Crippen LogP contribution >= 0.6 is 23.2 Å². The van der Waals surface area contributed by atoms with Gasteiger partial charge in [0.05, 0.1) is 0 Å². The molecule has 0 aromatic rings. The molecule has 0 bridgehead atoms. The lowest BCUT2D eigenvalue weighted by Gasteiger charge is -2.30. The van der Waals surface area contributed by atoms with E-state index in [0.717, 1.165) is 18.8 Å². The van der Waals surface area contributed by atoms with Crippen LogP contribution in [0, 0.1) is 5.92 Å². The summed E-state index contributed by atoms with van der Waals surface area (Å²) >= 11 is 11.9. The number of halogens is 2. The van der Waals surface area contributed by atoms with Gasteiger partial charge in [-0.2, -0.15) is 0 Å². The zero-order chi connectivity index (χ0) is 12.8. The molecule has 0 saturated heterocycles. The van der Waals surface area contributed by atoms with E-state index >= 15 is 0 Å². The number of rotatable bonds is 8. The van der Waals surface area contributed by atoms with E-state index < -0.39 is 8.32 Å². The lowest BCUT2D eigenvalue weighted by molar-refractivity contribution is 0.168. The first-order valence-corrected chi connectivity index (χ1v) is 10.1. The van der Waals surface area contributed by atoms with E-state index in [0.29, 0.717) is 6.10 Å². The standard InChI is InChI=1S/C12H26Cl2OSi/c1-6-10(3)8-9-11(7-2)15-16(4,5)12(13)14/h10-12H,6-9H2,1-5H3. The van der Waals surface area contributed by atoms with Crippen LogP contribution < -0.4 is 0 Å². The molecule has 0 amide bonds. The summed E-state index contributed by atoms with van der Waals surface area (Å²) in [6.45, 7) is 10.9. The summed E-state index contributed by atoms with van der Waals surface area (Å²) in [4.78, 5) is 0. The molecule has 0 aliphatic heterocycles. The van der Waals surface area contributed by atoms with E-state index in [9.17, 15) is 0 Å². The quantitative estimate of drug-likeness (QED) is 0.442. The second-order valence-electron chi connectivity index (χ2n) is 5.14. The Balaban J connectivity index is 4.10. The summed E-state index contributed by atoms with van der Waals surface area (Å²) in [5, 5.41) is 0. The van der Waals surface area contributed by atoms with Gasteiger partial charge < -0.3 is 4.43 Å². The number of alkyl halides is 2. The molecule has 0 aromatic heterocycles. The van der Waals surface area contributed by atoms with E-state index in [1.807, 2.05) is 0 Å². The molecule has 0 radical (unpaired) electrons. The third-order valence-electron chi connectivity index (χ3n) is 3.13. The molecule has 2 unspecified atom stereocenters. The fourth-order valence-corrected chi connectivity index (χ4v) is 3.06. The Morgan fingerprint density at radius 3 is 2.00 bits per heavy atom. The van der Waals surface area contributed by atoms with Gasteiger partial charge in [0, 0.05) is 6.10 Å². The second-order valence-corrected chi connectivity index (χ2v) is 11.0. The Hall–Kier alpha value is 0.757. The van der Waals surface area contributed by atoms with Gasteiger partial charge in [0.15, 0.2) is 0 Å². The molecule has 1 nitrogen and oxygen atoms in total. The lowest BCUT2D eigenvalue weighted by atomic mass is 10.00. The van der Waals surface area contributed by atoms with Crippen LogP contribution in [-0.4, -0.2) is 18.9 Å². The maximum absolute atomic E-state index is 6.12. The molecule has 4 heteroatoms. The number of hydrogen-bond donors (Lipinski definition) is 0. The minimum Gasteiger partial charge on any atom is -0.412 e. The average Bonchev–Trinajstić information content (AvgIpc) is 2.23. The predicted molar refractivity (Wildman–Crippen MR) is 76.8 cm³/mol. The zero-order valence-corrected chi connectivity index (χ0v) is 13.7. The predicted octanol–water partition coefficient (Wildman–Crippen LogP) is 5.16. The maximum Gasteiger partial charge on any atom is 0.220 e. The zero-order valence-electron chi connectivity index (χ0n) is 11.2. The molecule has 0 aliphatic rings. The third kappa shape index (κ3) is 6.48. The van der Waals surface area contributed by atoms with Crippen molar-refractivity contribution in [2.75, 3.05) is 0 Å². The topological polar surface area (TPSA) is 9.23 Å². The Morgan fingerprint density at radius 1 is 1.06 bits per heavy atom. The molecule has 0 heterocycles. The molecular weight excluding hydrogens is 259 g/mol. The minimum absolute atomic E-state index is 0.329. The summed E-state index contributed by atoms with van der Waals surface area (Å²) in [6.07, 6.45) is 4.98. The summed E-state index contributed by atoms with van der Waals surface area (Å²) in [7, 11) is -1.92. The SMILES string of the molecule is CCC(C)CCC(CC)O[Si](C)(C)C(Cl)Cl. The molecule has 0 spiro atoms. The van der Waals surface area contributed by atoms with Crippen molar-refractivity contribution in [2.45, 2.75) is 70.1 Å². The first-order valence-electron chi connectivity index (χ1n) is 6.29. The molecule has 2 atom stereocenters. The van der Waals surface area contributed by atoms with E-state index in [1.54, 1.807) is 0 Å². The molecule has 0 fully saturated rings. The van der Waals surface area contributed by atoms with E-state index in [2.05, 4.69) is 33.9 Å². The monoisotopic (exact) mass is 284 g/mol.